The SMILES string of the molecule is C=C(C)C(=O)OC.O=C(O)C1=C(C(=O)O)CC1. The molecule has 1 aliphatic rings. The van der Waals surface area contributed by atoms with Crippen LogP contribution >= 0.6 is 0 Å². The van der Waals surface area contributed by atoms with Gasteiger partial charge in [0.2, 0.25) is 0 Å². The van der Waals surface area contributed by atoms with Gasteiger partial charge in [-0.3, -0.25) is 0 Å². The first-order chi connectivity index (χ1) is 7.81. The second-order valence-corrected chi connectivity index (χ2v) is 3.34. The summed E-state index contributed by atoms with van der Waals surface area (Å²) in [7, 11) is 1.33. The number of methoxy groups -OCH3 is 1. The molecular formula is C11H14O6. The van der Waals surface area contributed by atoms with Crippen LogP contribution in [0.2, 0.25) is 0 Å². The van der Waals surface area contributed by atoms with E-state index in [9.17, 15) is 14.4 Å². The van der Waals surface area contributed by atoms with Crippen molar-refractivity contribution in [2.75, 3.05) is 7.11 Å². The van der Waals surface area contributed by atoms with E-state index in [0.29, 0.717) is 18.4 Å². The van der Waals surface area contributed by atoms with Gasteiger partial charge in [0.1, 0.15) is 0 Å². The molecule has 6 heteroatoms. The van der Waals surface area contributed by atoms with Gasteiger partial charge in [-0.2, -0.15) is 0 Å². The molecular weight excluding hydrogens is 228 g/mol. The van der Waals surface area contributed by atoms with E-state index in [1.165, 1.54) is 7.11 Å². The number of hydrogen-bond acceptors (Lipinski definition) is 4. The number of carbonyl (C=O) groups is 3. The fraction of sp³-hybridized carbons (Fsp3) is 0.364. The zero-order valence-corrected chi connectivity index (χ0v) is 9.65. The van der Waals surface area contributed by atoms with Gasteiger partial charge in [-0.1, -0.05) is 6.58 Å². The maximum atomic E-state index is 10.2. The first-order valence-corrected chi connectivity index (χ1v) is 4.73. The van der Waals surface area contributed by atoms with Crippen molar-refractivity contribution in [2.24, 2.45) is 0 Å². The minimum atomic E-state index is -1.11. The van der Waals surface area contributed by atoms with Gasteiger partial charge in [0.05, 0.1) is 7.11 Å². The lowest BCUT2D eigenvalue weighted by molar-refractivity contribution is -0.137. The summed E-state index contributed by atoms with van der Waals surface area (Å²) in [5.41, 5.74) is 0.530. The van der Waals surface area contributed by atoms with Crippen molar-refractivity contribution in [2.45, 2.75) is 19.8 Å². The van der Waals surface area contributed by atoms with Crippen LogP contribution in [-0.2, 0) is 19.1 Å². The summed E-state index contributed by atoms with van der Waals surface area (Å²) in [6, 6.07) is 0. The highest BCUT2D eigenvalue weighted by atomic mass is 16.5. The van der Waals surface area contributed by atoms with Crippen LogP contribution < -0.4 is 0 Å². The molecule has 0 fully saturated rings. The minimum Gasteiger partial charge on any atom is -0.478 e. The molecule has 1 aliphatic carbocycles. The average Bonchev–Trinajstić information content (AvgIpc) is 2.13. The predicted octanol–water partition coefficient (Wildman–Crippen LogP) is 0.981. The lowest BCUT2D eigenvalue weighted by Crippen LogP contribution is -2.18. The van der Waals surface area contributed by atoms with E-state index in [0.717, 1.165) is 0 Å². The number of esters is 1. The predicted molar refractivity (Wildman–Crippen MR) is 58.4 cm³/mol. The molecule has 94 valence electrons. The maximum absolute atomic E-state index is 10.2. The summed E-state index contributed by atoms with van der Waals surface area (Å²) in [6.07, 6.45) is 0.772. The molecule has 0 spiro atoms. The summed E-state index contributed by atoms with van der Waals surface area (Å²) in [5.74, 6) is -2.56. The second-order valence-electron chi connectivity index (χ2n) is 3.34. The van der Waals surface area contributed by atoms with Crippen LogP contribution in [0.25, 0.3) is 0 Å². The Balaban J connectivity index is 0.000000325. The molecule has 0 heterocycles. The third-order valence-corrected chi connectivity index (χ3v) is 2.04. The van der Waals surface area contributed by atoms with E-state index in [2.05, 4.69) is 11.3 Å². The molecule has 0 radical (unpaired) electrons. The van der Waals surface area contributed by atoms with Gasteiger partial charge in [0, 0.05) is 16.7 Å². The molecule has 0 aliphatic heterocycles. The van der Waals surface area contributed by atoms with Gasteiger partial charge in [0.25, 0.3) is 0 Å². The summed E-state index contributed by atoms with van der Waals surface area (Å²) < 4.78 is 4.27. The average molecular weight is 242 g/mol. The fourth-order valence-electron chi connectivity index (χ4n) is 1.02. The van der Waals surface area contributed by atoms with Crippen LogP contribution in [-0.4, -0.2) is 35.2 Å². The van der Waals surface area contributed by atoms with Crippen LogP contribution in [0.4, 0.5) is 0 Å². The van der Waals surface area contributed by atoms with E-state index in [1.54, 1.807) is 6.92 Å². The molecule has 0 aromatic carbocycles. The Labute approximate surface area is 98.2 Å². The lowest BCUT2D eigenvalue weighted by Gasteiger charge is -2.15. The molecule has 0 unspecified atom stereocenters. The number of hydrogen-bond donors (Lipinski definition) is 2. The topological polar surface area (TPSA) is 101 Å². The number of ether oxygens (including phenoxy) is 1. The number of rotatable bonds is 3. The first-order valence-electron chi connectivity index (χ1n) is 4.73. The summed E-state index contributed by atoms with van der Waals surface area (Å²) in [5, 5.41) is 16.7. The minimum absolute atomic E-state index is 0.0486. The summed E-state index contributed by atoms with van der Waals surface area (Å²) in [6.45, 7) is 4.95. The van der Waals surface area contributed by atoms with Gasteiger partial charge in [-0.05, 0) is 19.8 Å². The van der Waals surface area contributed by atoms with Gasteiger partial charge < -0.3 is 14.9 Å². The molecule has 1 rings (SSSR count). The van der Waals surface area contributed by atoms with Crippen molar-refractivity contribution in [1.82, 2.24) is 0 Å². The Bertz CT molecular complexity index is 367. The zero-order valence-electron chi connectivity index (χ0n) is 9.65. The molecule has 0 amide bonds. The largest absolute Gasteiger partial charge is 0.478 e. The van der Waals surface area contributed by atoms with Crippen LogP contribution in [0.3, 0.4) is 0 Å². The van der Waals surface area contributed by atoms with Crippen molar-refractivity contribution < 1.29 is 29.3 Å². The molecule has 0 saturated heterocycles. The normalized spacial score (nSPS) is 12.8. The molecule has 6 nitrogen and oxygen atoms in total. The molecule has 0 saturated carbocycles. The van der Waals surface area contributed by atoms with Gasteiger partial charge in [-0.15, -0.1) is 0 Å². The van der Waals surface area contributed by atoms with Gasteiger partial charge in [-0.25, -0.2) is 14.4 Å². The standard InChI is InChI=1S/C6H6O4.C5H8O2/c7-5(8)3-1-2-4(3)6(9)10;1-4(2)5(6)7-3/h1-2H2,(H,7,8)(H,9,10);1H2,2-3H3. The van der Waals surface area contributed by atoms with Crippen LogP contribution in [0.15, 0.2) is 23.3 Å². The number of aliphatic carboxylic acids is 2. The lowest BCUT2D eigenvalue weighted by atomic mass is 9.89. The van der Waals surface area contributed by atoms with Crippen molar-refractivity contribution in [3.63, 3.8) is 0 Å². The van der Waals surface area contributed by atoms with Gasteiger partial charge >= 0.3 is 17.9 Å². The molecule has 0 aromatic rings. The molecule has 0 aromatic heterocycles. The Morgan fingerprint density at radius 3 is 1.53 bits per heavy atom. The monoisotopic (exact) mass is 242 g/mol. The second kappa shape index (κ2) is 6.47. The van der Waals surface area contributed by atoms with E-state index in [-0.39, 0.29) is 17.1 Å². The molecule has 0 atom stereocenters. The van der Waals surface area contributed by atoms with Crippen molar-refractivity contribution in [3.05, 3.63) is 23.3 Å². The third-order valence-electron chi connectivity index (χ3n) is 2.04. The Morgan fingerprint density at radius 1 is 1.12 bits per heavy atom. The van der Waals surface area contributed by atoms with Crippen LogP contribution in [0, 0.1) is 0 Å². The third kappa shape index (κ3) is 4.50. The first kappa shape index (κ1) is 14.9. The van der Waals surface area contributed by atoms with E-state index < -0.39 is 11.9 Å². The Hall–Kier alpha value is -2.11. The highest BCUT2D eigenvalue weighted by Crippen LogP contribution is 2.27. The van der Waals surface area contributed by atoms with Crippen molar-refractivity contribution in [1.29, 1.82) is 0 Å². The van der Waals surface area contributed by atoms with E-state index >= 15 is 0 Å². The number of carboxylic acid groups (broad SMARTS) is 2. The number of carbonyl (C=O) groups excluding carboxylic acids is 1. The summed E-state index contributed by atoms with van der Waals surface area (Å²) >= 11 is 0. The Kier molecular flexibility index (Phi) is 5.66. The molecule has 2 N–H and O–H groups in total. The summed E-state index contributed by atoms with van der Waals surface area (Å²) in [4.78, 5) is 30.5. The zero-order chi connectivity index (χ0) is 13.6. The highest BCUT2D eigenvalue weighted by molar-refractivity contribution is 6.01. The van der Waals surface area contributed by atoms with E-state index in [1.807, 2.05) is 0 Å². The van der Waals surface area contributed by atoms with Crippen LogP contribution in [0.5, 0.6) is 0 Å². The van der Waals surface area contributed by atoms with Crippen LogP contribution in [0.1, 0.15) is 19.8 Å². The highest BCUT2D eigenvalue weighted by Gasteiger charge is 2.27. The van der Waals surface area contributed by atoms with E-state index in [4.69, 9.17) is 10.2 Å². The Morgan fingerprint density at radius 2 is 1.47 bits per heavy atom. The molecule has 17 heavy (non-hydrogen) atoms. The fourth-order valence-corrected chi connectivity index (χ4v) is 1.02. The maximum Gasteiger partial charge on any atom is 0.332 e. The molecule has 0 bridgehead atoms. The quantitative estimate of drug-likeness (QED) is 0.565. The van der Waals surface area contributed by atoms with Crippen molar-refractivity contribution >= 4 is 17.9 Å². The number of carboxylic acids is 2. The smallest absolute Gasteiger partial charge is 0.332 e. The van der Waals surface area contributed by atoms with Gasteiger partial charge in [0.15, 0.2) is 0 Å². The van der Waals surface area contributed by atoms with Crippen molar-refractivity contribution in [3.8, 4) is 0 Å².